The SMILES string of the molecule is CCC(SC1=Nc2ccccc2C2=NC(=O)C(CC(=O)NCCc3ccccc3)N12)C(=O)NCCCOC. The van der Waals surface area contributed by atoms with Crippen LogP contribution in [0, 0.1) is 0 Å². The predicted molar refractivity (Wildman–Crippen MR) is 150 cm³/mol. The molecule has 0 saturated heterocycles. The lowest BCUT2D eigenvalue weighted by Crippen LogP contribution is -2.47. The number of fused-ring (bicyclic) bond motifs is 3. The summed E-state index contributed by atoms with van der Waals surface area (Å²) in [5.41, 5.74) is 2.54. The van der Waals surface area contributed by atoms with Gasteiger partial charge in [-0.3, -0.25) is 19.3 Å². The Labute approximate surface area is 227 Å². The maximum absolute atomic E-state index is 13.1. The fourth-order valence-electron chi connectivity index (χ4n) is 4.31. The summed E-state index contributed by atoms with van der Waals surface area (Å²) in [4.78, 5) is 49.7. The largest absolute Gasteiger partial charge is 0.385 e. The summed E-state index contributed by atoms with van der Waals surface area (Å²) in [6, 6.07) is 16.5. The molecule has 2 heterocycles. The van der Waals surface area contributed by atoms with E-state index in [1.54, 1.807) is 12.0 Å². The van der Waals surface area contributed by atoms with Crippen LogP contribution in [0.1, 0.15) is 37.3 Å². The molecule has 200 valence electrons. The summed E-state index contributed by atoms with van der Waals surface area (Å²) in [7, 11) is 1.63. The third-order valence-electron chi connectivity index (χ3n) is 6.30. The van der Waals surface area contributed by atoms with Crippen molar-refractivity contribution in [1.82, 2.24) is 15.5 Å². The van der Waals surface area contributed by atoms with E-state index in [4.69, 9.17) is 9.73 Å². The van der Waals surface area contributed by atoms with Gasteiger partial charge in [0.15, 0.2) is 5.17 Å². The first-order valence-electron chi connectivity index (χ1n) is 12.9. The number of rotatable bonds is 12. The highest BCUT2D eigenvalue weighted by Gasteiger charge is 2.43. The lowest BCUT2D eigenvalue weighted by atomic mass is 10.1. The second-order valence-corrected chi connectivity index (χ2v) is 10.2. The maximum atomic E-state index is 13.1. The molecular formula is C28H33N5O4S. The van der Waals surface area contributed by atoms with Gasteiger partial charge in [-0.2, -0.15) is 4.99 Å². The van der Waals surface area contributed by atoms with E-state index in [0.717, 1.165) is 17.5 Å². The zero-order chi connectivity index (χ0) is 26.9. The normalized spacial score (nSPS) is 16.7. The number of hydrogen-bond acceptors (Lipinski definition) is 7. The molecule has 0 saturated carbocycles. The van der Waals surface area contributed by atoms with E-state index in [2.05, 4.69) is 15.6 Å². The van der Waals surface area contributed by atoms with Gasteiger partial charge in [-0.05, 0) is 37.0 Å². The highest BCUT2D eigenvalue weighted by Crippen LogP contribution is 2.36. The number of carbonyl (C=O) groups is 3. The number of thioether (sulfide) groups is 1. The van der Waals surface area contributed by atoms with Crippen molar-refractivity contribution in [2.75, 3.05) is 26.8 Å². The van der Waals surface area contributed by atoms with Crippen LogP contribution in [-0.4, -0.2) is 71.7 Å². The third kappa shape index (κ3) is 6.68. The van der Waals surface area contributed by atoms with Crippen molar-refractivity contribution in [1.29, 1.82) is 0 Å². The molecule has 2 aliphatic heterocycles. The van der Waals surface area contributed by atoms with Crippen LogP contribution in [0.15, 0.2) is 64.6 Å². The van der Waals surface area contributed by atoms with Crippen molar-refractivity contribution in [3.63, 3.8) is 0 Å². The first-order chi connectivity index (χ1) is 18.5. The van der Waals surface area contributed by atoms with Crippen LogP contribution in [0.25, 0.3) is 0 Å². The molecule has 10 heteroatoms. The number of aliphatic imine (C=N–C) groups is 2. The Hall–Kier alpha value is -3.50. The second kappa shape index (κ2) is 13.3. The summed E-state index contributed by atoms with van der Waals surface area (Å²) in [5, 5.41) is 5.95. The van der Waals surface area contributed by atoms with Crippen molar-refractivity contribution in [3.05, 3.63) is 65.7 Å². The van der Waals surface area contributed by atoms with E-state index in [9.17, 15) is 14.4 Å². The Morgan fingerprint density at radius 1 is 1.05 bits per heavy atom. The second-order valence-electron chi connectivity index (χ2n) is 9.01. The quantitative estimate of drug-likeness (QED) is 0.404. The number of amidine groups is 2. The Kier molecular flexibility index (Phi) is 9.67. The summed E-state index contributed by atoms with van der Waals surface area (Å²) < 4.78 is 5.05. The van der Waals surface area contributed by atoms with Crippen molar-refractivity contribution in [2.45, 2.75) is 43.9 Å². The number of methoxy groups -OCH3 is 1. The van der Waals surface area contributed by atoms with E-state index in [-0.39, 0.29) is 24.1 Å². The van der Waals surface area contributed by atoms with Crippen LogP contribution in [0.2, 0.25) is 0 Å². The molecule has 2 aliphatic rings. The van der Waals surface area contributed by atoms with Crippen LogP contribution in [-0.2, 0) is 25.5 Å². The average Bonchev–Trinajstić information content (AvgIpc) is 3.26. The zero-order valence-electron chi connectivity index (χ0n) is 21.7. The van der Waals surface area contributed by atoms with Gasteiger partial charge in [-0.25, -0.2) is 4.99 Å². The monoisotopic (exact) mass is 535 g/mol. The molecule has 2 aromatic rings. The molecule has 3 amide bonds. The van der Waals surface area contributed by atoms with Gasteiger partial charge < -0.3 is 15.4 Å². The molecule has 2 atom stereocenters. The van der Waals surface area contributed by atoms with E-state index < -0.39 is 11.3 Å². The summed E-state index contributed by atoms with van der Waals surface area (Å²) in [5.74, 6) is -0.253. The van der Waals surface area contributed by atoms with Gasteiger partial charge in [0.05, 0.1) is 17.4 Å². The average molecular weight is 536 g/mol. The number of nitrogens with zero attached hydrogens (tertiary/aromatic N) is 3. The minimum Gasteiger partial charge on any atom is -0.385 e. The molecule has 0 spiro atoms. The van der Waals surface area contributed by atoms with Gasteiger partial charge in [0.2, 0.25) is 11.8 Å². The van der Waals surface area contributed by atoms with E-state index in [1.807, 2.05) is 61.5 Å². The highest BCUT2D eigenvalue weighted by atomic mass is 32.2. The van der Waals surface area contributed by atoms with Gasteiger partial charge >= 0.3 is 0 Å². The number of carbonyl (C=O) groups excluding carboxylic acids is 3. The molecule has 4 rings (SSSR count). The molecule has 38 heavy (non-hydrogen) atoms. The molecule has 0 aromatic heterocycles. The zero-order valence-corrected chi connectivity index (χ0v) is 22.5. The van der Waals surface area contributed by atoms with Crippen LogP contribution in [0.4, 0.5) is 5.69 Å². The van der Waals surface area contributed by atoms with E-state index in [1.165, 1.54) is 11.8 Å². The molecule has 9 nitrogen and oxygen atoms in total. The molecule has 0 bridgehead atoms. The van der Waals surface area contributed by atoms with Crippen molar-refractivity contribution >= 4 is 46.2 Å². The molecule has 2 aromatic carbocycles. The number of hydrogen-bond donors (Lipinski definition) is 2. The first kappa shape index (κ1) is 27.5. The van der Waals surface area contributed by atoms with Crippen LogP contribution in [0.5, 0.6) is 0 Å². The van der Waals surface area contributed by atoms with Crippen LogP contribution < -0.4 is 10.6 Å². The Bertz CT molecular complexity index is 1220. The smallest absolute Gasteiger partial charge is 0.271 e. The van der Waals surface area contributed by atoms with Crippen molar-refractivity contribution in [3.8, 4) is 0 Å². The molecule has 2 N–H and O–H groups in total. The number of amides is 3. The number of para-hydroxylation sites is 1. The number of nitrogens with one attached hydrogen (secondary N) is 2. The van der Waals surface area contributed by atoms with Gasteiger partial charge in [-0.15, -0.1) is 0 Å². The van der Waals surface area contributed by atoms with Gasteiger partial charge in [0.25, 0.3) is 5.91 Å². The minimum atomic E-state index is -0.816. The van der Waals surface area contributed by atoms with Gasteiger partial charge in [0, 0.05) is 32.4 Å². The van der Waals surface area contributed by atoms with Crippen LogP contribution >= 0.6 is 11.8 Å². The fraction of sp³-hybridized carbons (Fsp3) is 0.393. The number of benzene rings is 2. The summed E-state index contributed by atoms with van der Waals surface area (Å²) >= 11 is 1.29. The summed E-state index contributed by atoms with van der Waals surface area (Å²) in [6.45, 7) is 3.49. The predicted octanol–water partition coefficient (Wildman–Crippen LogP) is 3.06. The van der Waals surface area contributed by atoms with Gasteiger partial charge in [0.1, 0.15) is 11.9 Å². The Morgan fingerprint density at radius 2 is 1.82 bits per heavy atom. The first-order valence-corrected chi connectivity index (χ1v) is 13.7. The molecular weight excluding hydrogens is 502 g/mol. The van der Waals surface area contributed by atoms with Crippen molar-refractivity contribution in [2.24, 2.45) is 9.98 Å². The van der Waals surface area contributed by atoms with E-state index in [0.29, 0.717) is 49.2 Å². The Balaban J connectivity index is 1.48. The fourth-order valence-corrected chi connectivity index (χ4v) is 5.40. The number of ether oxygens (including phenoxy) is 1. The van der Waals surface area contributed by atoms with E-state index >= 15 is 0 Å². The molecule has 0 aliphatic carbocycles. The summed E-state index contributed by atoms with van der Waals surface area (Å²) in [6.07, 6.45) is 1.93. The van der Waals surface area contributed by atoms with Gasteiger partial charge in [-0.1, -0.05) is 61.2 Å². The molecule has 0 fully saturated rings. The molecule has 2 unspecified atom stereocenters. The standard InChI is InChI=1S/C28H33N5O4S/c1-3-23(27(36)30-15-9-17-37-2)38-28-31-21-13-8-7-12-20(21)25-32-26(35)22(33(25)28)18-24(34)29-16-14-19-10-5-4-6-11-19/h4-8,10-13,22-23H,3,9,14-18H2,1-2H3,(H,29,34)(H,30,36). The van der Waals surface area contributed by atoms with Crippen LogP contribution in [0.3, 0.4) is 0 Å². The topological polar surface area (TPSA) is 112 Å². The third-order valence-corrected chi connectivity index (χ3v) is 7.63. The molecule has 0 radical (unpaired) electrons. The van der Waals surface area contributed by atoms with Crippen molar-refractivity contribution < 1.29 is 19.1 Å². The Morgan fingerprint density at radius 3 is 2.58 bits per heavy atom. The highest BCUT2D eigenvalue weighted by molar-refractivity contribution is 8.15. The maximum Gasteiger partial charge on any atom is 0.271 e. The lowest BCUT2D eigenvalue weighted by molar-refractivity contribution is -0.126. The minimum absolute atomic E-state index is 0.0532. The lowest BCUT2D eigenvalue weighted by Gasteiger charge is -2.32.